The molecule has 2 atom stereocenters. The van der Waals surface area contributed by atoms with Crippen LogP contribution in [0.2, 0.25) is 0 Å². The molecule has 0 bridgehead atoms. The van der Waals surface area contributed by atoms with Gasteiger partial charge in [-0.15, -0.1) is 0 Å². The average Bonchev–Trinajstić information content (AvgIpc) is 3.14. The van der Waals surface area contributed by atoms with Gasteiger partial charge in [0, 0.05) is 45.0 Å². The number of aliphatic hydroxyl groups excluding tert-OH is 1. The first-order chi connectivity index (χ1) is 11.7. The Bertz CT molecular complexity index is 529. The molecule has 2 aliphatic heterocycles. The Morgan fingerprint density at radius 1 is 1.42 bits per heavy atom. The minimum atomic E-state index is 0.0224. The molecule has 0 aromatic carbocycles. The molecule has 0 radical (unpaired) electrons. The number of hydrogen-bond donors (Lipinski definition) is 2. The van der Waals surface area contributed by atoms with E-state index < -0.39 is 0 Å². The number of aliphatic hydroxyl groups is 1. The van der Waals surface area contributed by atoms with E-state index in [0.29, 0.717) is 24.8 Å². The van der Waals surface area contributed by atoms with Crippen LogP contribution in [-0.4, -0.2) is 82.5 Å². The molecule has 2 saturated heterocycles. The largest absolute Gasteiger partial charge is 0.395 e. The summed E-state index contributed by atoms with van der Waals surface area (Å²) in [4.78, 5) is 16.8. The fourth-order valence-electron chi connectivity index (χ4n) is 3.67. The van der Waals surface area contributed by atoms with Crippen LogP contribution in [0.25, 0.3) is 0 Å². The van der Waals surface area contributed by atoms with E-state index in [9.17, 15) is 9.90 Å². The molecule has 2 N–H and O–H groups in total. The second-order valence-electron chi connectivity index (χ2n) is 6.75. The topological polar surface area (TPSA) is 73.6 Å². The van der Waals surface area contributed by atoms with Gasteiger partial charge >= 0.3 is 0 Å². The smallest absolute Gasteiger partial charge is 0.274 e. The molecule has 0 aliphatic carbocycles. The molecule has 2 fully saturated rings. The van der Waals surface area contributed by atoms with Crippen LogP contribution in [-0.2, 0) is 0 Å². The Kier molecular flexibility index (Phi) is 5.86. The van der Waals surface area contributed by atoms with Crippen LogP contribution < -0.4 is 5.32 Å². The van der Waals surface area contributed by atoms with Gasteiger partial charge in [0.25, 0.3) is 5.91 Å². The molecule has 1 aromatic heterocycles. The molecule has 0 spiro atoms. The Labute approximate surface area is 143 Å². The van der Waals surface area contributed by atoms with Gasteiger partial charge < -0.3 is 15.3 Å². The third kappa shape index (κ3) is 3.79. The predicted octanol–water partition coefficient (Wildman–Crippen LogP) is 0.336. The van der Waals surface area contributed by atoms with E-state index in [1.165, 1.54) is 0 Å². The van der Waals surface area contributed by atoms with Crippen LogP contribution >= 0.6 is 0 Å². The first kappa shape index (κ1) is 17.4. The number of piperidine rings is 1. The van der Waals surface area contributed by atoms with Crippen LogP contribution in [0.4, 0.5) is 0 Å². The monoisotopic (exact) mass is 335 g/mol. The lowest BCUT2D eigenvalue weighted by Crippen LogP contribution is -2.52. The Hall–Kier alpha value is -1.44. The second-order valence-corrected chi connectivity index (χ2v) is 6.75. The van der Waals surface area contributed by atoms with Crippen molar-refractivity contribution in [2.75, 3.05) is 45.9 Å². The SMILES string of the molecule is CCC(CO)N1CCN(C(=O)c2ccn(C3CCCNC3)n2)CC1. The maximum Gasteiger partial charge on any atom is 0.274 e. The molecule has 3 heterocycles. The van der Waals surface area contributed by atoms with E-state index in [0.717, 1.165) is 45.4 Å². The van der Waals surface area contributed by atoms with Crippen LogP contribution in [0.1, 0.15) is 42.7 Å². The van der Waals surface area contributed by atoms with Crippen molar-refractivity contribution in [1.29, 1.82) is 0 Å². The second kappa shape index (κ2) is 8.09. The van der Waals surface area contributed by atoms with Crippen LogP contribution in [0.15, 0.2) is 12.3 Å². The van der Waals surface area contributed by atoms with Crippen molar-refractivity contribution in [3.8, 4) is 0 Å². The van der Waals surface area contributed by atoms with Crippen molar-refractivity contribution in [3.05, 3.63) is 18.0 Å². The number of carbonyl (C=O) groups excluding carboxylic acids is 1. The van der Waals surface area contributed by atoms with Gasteiger partial charge in [0.2, 0.25) is 0 Å². The maximum atomic E-state index is 12.7. The highest BCUT2D eigenvalue weighted by Crippen LogP contribution is 2.17. The summed E-state index contributed by atoms with van der Waals surface area (Å²) >= 11 is 0. The number of nitrogens with zero attached hydrogens (tertiary/aromatic N) is 4. The summed E-state index contributed by atoms with van der Waals surface area (Å²) in [5.41, 5.74) is 0.545. The number of aromatic nitrogens is 2. The lowest BCUT2D eigenvalue weighted by Gasteiger charge is -2.38. The Morgan fingerprint density at radius 3 is 2.83 bits per heavy atom. The summed E-state index contributed by atoms with van der Waals surface area (Å²) < 4.78 is 1.94. The zero-order valence-electron chi connectivity index (χ0n) is 14.5. The van der Waals surface area contributed by atoms with Crippen LogP contribution in [0.5, 0.6) is 0 Å². The Morgan fingerprint density at radius 2 is 2.21 bits per heavy atom. The highest BCUT2D eigenvalue weighted by Gasteiger charge is 2.27. The van der Waals surface area contributed by atoms with E-state index in [4.69, 9.17) is 0 Å². The molecular weight excluding hydrogens is 306 g/mol. The number of nitrogens with one attached hydrogen (secondary N) is 1. The minimum Gasteiger partial charge on any atom is -0.395 e. The van der Waals surface area contributed by atoms with Gasteiger partial charge in [0.05, 0.1) is 12.6 Å². The predicted molar refractivity (Wildman–Crippen MR) is 92.0 cm³/mol. The van der Waals surface area contributed by atoms with Gasteiger partial charge in [-0.1, -0.05) is 6.92 Å². The molecular formula is C17H29N5O2. The summed E-state index contributed by atoms with van der Waals surface area (Å²) in [5, 5.41) is 17.3. The summed E-state index contributed by atoms with van der Waals surface area (Å²) in [6.07, 6.45) is 5.13. The molecule has 1 aromatic rings. The van der Waals surface area contributed by atoms with Crippen molar-refractivity contribution in [2.45, 2.75) is 38.3 Å². The molecule has 7 heteroatoms. The highest BCUT2D eigenvalue weighted by molar-refractivity contribution is 5.92. The molecule has 2 aliphatic rings. The zero-order chi connectivity index (χ0) is 16.9. The molecule has 7 nitrogen and oxygen atoms in total. The molecule has 1 amide bonds. The average molecular weight is 335 g/mol. The quantitative estimate of drug-likeness (QED) is 0.812. The van der Waals surface area contributed by atoms with E-state index in [1.807, 2.05) is 21.8 Å². The van der Waals surface area contributed by atoms with E-state index in [-0.39, 0.29) is 18.6 Å². The first-order valence-corrected chi connectivity index (χ1v) is 9.13. The van der Waals surface area contributed by atoms with Crippen LogP contribution in [0.3, 0.4) is 0 Å². The fraction of sp³-hybridized carbons (Fsp3) is 0.765. The molecule has 24 heavy (non-hydrogen) atoms. The van der Waals surface area contributed by atoms with Crippen molar-refractivity contribution >= 4 is 5.91 Å². The van der Waals surface area contributed by atoms with Gasteiger partial charge in [-0.05, 0) is 31.9 Å². The first-order valence-electron chi connectivity index (χ1n) is 9.13. The number of rotatable bonds is 5. The van der Waals surface area contributed by atoms with E-state index >= 15 is 0 Å². The molecule has 134 valence electrons. The maximum absolute atomic E-state index is 12.7. The number of hydrogen-bond acceptors (Lipinski definition) is 5. The molecule has 3 rings (SSSR count). The van der Waals surface area contributed by atoms with Gasteiger partial charge in [0.1, 0.15) is 5.69 Å². The summed E-state index contributed by atoms with van der Waals surface area (Å²) in [5.74, 6) is 0.0224. The lowest BCUT2D eigenvalue weighted by atomic mass is 10.1. The number of carbonyl (C=O) groups is 1. The summed E-state index contributed by atoms with van der Waals surface area (Å²) in [6, 6.07) is 2.40. The summed E-state index contributed by atoms with van der Waals surface area (Å²) in [6.45, 7) is 7.31. The van der Waals surface area contributed by atoms with Gasteiger partial charge in [-0.3, -0.25) is 14.4 Å². The molecule has 0 saturated carbocycles. The van der Waals surface area contributed by atoms with Crippen LogP contribution in [0, 0.1) is 0 Å². The fourth-order valence-corrected chi connectivity index (χ4v) is 3.67. The number of amides is 1. The van der Waals surface area contributed by atoms with Gasteiger partial charge in [0.15, 0.2) is 0 Å². The Balaban J connectivity index is 1.56. The van der Waals surface area contributed by atoms with Crippen molar-refractivity contribution in [2.24, 2.45) is 0 Å². The molecule has 2 unspecified atom stereocenters. The van der Waals surface area contributed by atoms with Gasteiger partial charge in [-0.2, -0.15) is 5.10 Å². The third-order valence-corrected chi connectivity index (χ3v) is 5.27. The van der Waals surface area contributed by atoms with E-state index in [2.05, 4.69) is 22.2 Å². The highest BCUT2D eigenvalue weighted by atomic mass is 16.3. The van der Waals surface area contributed by atoms with E-state index in [1.54, 1.807) is 0 Å². The van der Waals surface area contributed by atoms with Crippen molar-refractivity contribution < 1.29 is 9.90 Å². The van der Waals surface area contributed by atoms with Crippen molar-refractivity contribution in [1.82, 2.24) is 24.9 Å². The number of piperazine rings is 1. The third-order valence-electron chi connectivity index (χ3n) is 5.27. The lowest BCUT2D eigenvalue weighted by molar-refractivity contribution is 0.0467. The summed E-state index contributed by atoms with van der Waals surface area (Å²) in [7, 11) is 0. The standard InChI is InChI=1S/C17H29N5O2/c1-2-14(13-23)20-8-10-21(11-9-20)17(24)16-5-7-22(19-16)15-4-3-6-18-12-15/h5,7,14-15,18,23H,2-4,6,8-13H2,1H3. The van der Waals surface area contributed by atoms with Crippen molar-refractivity contribution in [3.63, 3.8) is 0 Å². The zero-order valence-corrected chi connectivity index (χ0v) is 14.5. The normalized spacial score (nSPS) is 24.1. The van der Waals surface area contributed by atoms with Gasteiger partial charge in [-0.25, -0.2) is 0 Å². The minimum absolute atomic E-state index is 0.0224.